The van der Waals surface area contributed by atoms with Crippen molar-refractivity contribution < 1.29 is 32.6 Å². The molecule has 0 aliphatic carbocycles. The van der Waals surface area contributed by atoms with Gasteiger partial charge in [-0.3, -0.25) is 4.79 Å². The van der Waals surface area contributed by atoms with Gasteiger partial charge in [0.1, 0.15) is 11.6 Å². The Labute approximate surface area is 165 Å². The zero-order chi connectivity index (χ0) is 20.8. The zero-order valence-electron chi connectivity index (χ0n) is 15.3. The molecular weight excluding hydrogens is 396 g/mol. The van der Waals surface area contributed by atoms with E-state index in [9.17, 15) is 18.4 Å². The quantitative estimate of drug-likeness (QED) is 0.688. The number of halogens is 3. The Morgan fingerprint density at radius 1 is 1.21 bits per heavy atom. The fourth-order valence-corrected chi connectivity index (χ4v) is 2.49. The number of carbonyl (C=O) groups excluding carboxylic acids is 2. The first-order valence-electron chi connectivity index (χ1n) is 8.24. The van der Waals surface area contributed by atoms with Gasteiger partial charge in [0.25, 0.3) is 5.91 Å². The van der Waals surface area contributed by atoms with Crippen molar-refractivity contribution in [1.82, 2.24) is 0 Å². The maximum absolute atomic E-state index is 13.6. The number of benzene rings is 2. The Morgan fingerprint density at radius 3 is 2.54 bits per heavy atom. The standard InChI is InChI=1S/C19H18ClF2NO5/c1-4-27-17-13(20)7-11(8-16(17)26-3)19(25)28-10(2)18(24)23-15-6-5-12(21)9-14(15)22/h5-10H,4H2,1-3H3,(H,23,24)/t10-/m1/s1. The summed E-state index contributed by atoms with van der Waals surface area (Å²) in [5.74, 6) is -2.85. The van der Waals surface area contributed by atoms with Gasteiger partial charge >= 0.3 is 5.97 Å². The molecule has 28 heavy (non-hydrogen) atoms. The minimum Gasteiger partial charge on any atom is -0.493 e. The van der Waals surface area contributed by atoms with Gasteiger partial charge in [0.05, 0.1) is 30.0 Å². The molecule has 9 heteroatoms. The van der Waals surface area contributed by atoms with E-state index < -0.39 is 29.6 Å². The predicted molar refractivity (Wildman–Crippen MR) is 99.0 cm³/mol. The lowest BCUT2D eigenvalue weighted by Crippen LogP contribution is -2.30. The Kier molecular flexibility index (Phi) is 7.17. The first-order chi connectivity index (χ1) is 13.3. The van der Waals surface area contributed by atoms with Gasteiger partial charge in [-0.25, -0.2) is 13.6 Å². The van der Waals surface area contributed by atoms with Gasteiger partial charge < -0.3 is 19.5 Å². The zero-order valence-corrected chi connectivity index (χ0v) is 16.1. The molecule has 0 unspecified atom stereocenters. The highest BCUT2D eigenvalue weighted by atomic mass is 35.5. The maximum Gasteiger partial charge on any atom is 0.339 e. The van der Waals surface area contributed by atoms with Crippen molar-refractivity contribution in [2.24, 2.45) is 0 Å². The number of carbonyl (C=O) groups is 2. The molecule has 0 aromatic heterocycles. The lowest BCUT2D eigenvalue weighted by atomic mass is 10.2. The molecule has 0 radical (unpaired) electrons. The van der Waals surface area contributed by atoms with Crippen molar-refractivity contribution in [2.45, 2.75) is 20.0 Å². The molecule has 150 valence electrons. The van der Waals surface area contributed by atoms with Crippen molar-refractivity contribution in [3.8, 4) is 11.5 Å². The Morgan fingerprint density at radius 2 is 1.93 bits per heavy atom. The van der Waals surface area contributed by atoms with Crippen LogP contribution in [0, 0.1) is 11.6 Å². The molecule has 0 saturated carbocycles. The molecule has 0 aliphatic heterocycles. The van der Waals surface area contributed by atoms with E-state index in [0.29, 0.717) is 12.7 Å². The molecule has 2 aromatic rings. The van der Waals surface area contributed by atoms with E-state index in [1.54, 1.807) is 6.92 Å². The topological polar surface area (TPSA) is 73.9 Å². The number of nitrogens with one attached hydrogen (secondary N) is 1. The van der Waals surface area contributed by atoms with Gasteiger partial charge in [-0.2, -0.15) is 0 Å². The Hall–Kier alpha value is -2.87. The predicted octanol–water partition coefficient (Wildman–Crippen LogP) is 4.21. The minimum absolute atomic E-state index is 0.0397. The molecule has 2 aromatic carbocycles. The normalized spacial score (nSPS) is 11.5. The molecule has 2 rings (SSSR count). The first-order valence-corrected chi connectivity index (χ1v) is 8.61. The van der Waals surface area contributed by atoms with Gasteiger partial charge in [-0.05, 0) is 38.1 Å². The second kappa shape index (κ2) is 9.36. The summed E-state index contributed by atoms with van der Waals surface area (Å²) in [5, 5.41) is 2.36. The fraction of sp³-hybridized carbons (Fsp3) is 0.263. The van der Waals surface area contributed by atoms with Crippen LogP contribution in [0.1, 0.15) is 24.2 Å². The number of methoxy groups -OCH3 is 1. The van der Waals surface area contributed by atoms with Crippen LogP contribution in [-0.2, 0) is 9.53 Å². The van der Waals surface area contributed by atoms with Crippen LogP contribution in [0.5, 0.6) is 11.5 Å². The number of hydrogen-bond donors (Lipinski definition) is 1. The number of rotatable bonds is 7. The smallest absolute Gasteiger partial charge is 0.339 e. The molecular formula is C19H18ClF2NO5. The summed E-state index contributed by atoms with van der Waals surface area (Å²) in [7, 11) is 1.39. The lowest BCUT2D eigenvalue weighted by molar-refractivity contribution is -0.123. The second-order valence-electron chi connectivity index (χ2n) is 5.58. The Balaban J connectivity index is 2.11. The van der Waals surface area contributed by atoms with Crippen LogP contribution in [0.25, 0.3) is 0 Å². The number of ether oxygens (including phenoxy) is 3. The van der Waals surface area contributed by atoms with E-state index in [4.69, 9.17) is 25.8 Å². The molecule has 1 N–H and O–H groups in total. The largest absolute Gasteiger partial charge is 0.493 e. The first kappa shape index (κ1) is 21.4. The van der Waals surface area contributed by atoms with E-state index in [0.717, 1.165) is 12.1 Å². The monoisotopic (exact) mass is 413 g/mol. The third kappa shape index (κ3) is 5.10. The summed E-state index contributed by atoms with van der Waals surface area (Å²) >= 11 is 6.11. The summed E-state index contributed by atoms with van der Waals surface area (Å²) in [5.41, 5.74) is -0.196. The van der Waals surface area contributed by atoms with Crippen LogP contribution in [0.15, 0.2) is 30.3 Å². The lowest BCUT2D eigenvalue weighted by Gasteiger charge is -2.16. The number of esters is 1. The molecule has 0 aliphatic rings. The van der Waals surface area contributed by atoms with E-state index >= 15 is 0 Å². The van der Waals surface area contributed by atoms with Crippen LogP contribution in [0.3, 0.4) is 0 Å². The summed E-state index contributed by atoms with van der Waals surface area (Å²) in [6.45, 7) is 3.42. The number of hydrogen-bond acceptors (Lipinski definition) is 5. The van der Waals surface area contributed by atoms with Gasteiger partial charge in [0.2, 0.25) is 0 Å². The summed E-state index contributed by atoms with van der Waals surface area (Å²) < 4.78 is 42.2. The van der Waals surface area contributed by atoms with E-state index in [-0.39, 0.29) is 27.8 Å². The van der Waals surface area contributed by atoms with E-state index in [1.807, 2.05) is 0 Å². The Bertz CT molecular complexity index is 891. The van der Waals surface area contributed by atoms with Crippen LogP contribution in [-0.4, -0.2) is 31.7 Å². The van der Waals surface area contributed by atoms with Gasteiger partial charge in [-0.1, -0.05) is 11.6 Å². The third-order valence-electron chi connectivity index (χ3n) is 3.60. The van der Waals surface area contributed by atoms with Crippen LogP contribution >= 0.6 is 11.6 Å². The van der Waals surface area contributed by atoms with Gasteiger partial charge in [0.15, 0.2) is 17.6 Å². The van der Waals surface area contributed by atoms with Crippen LogP contribution < -0.4 is 14.8 Å². The van der Waals surface area contributed by atoms with Crippen molar-refractivity contribution in [2.75, 3.05) is 19.0 Å². The molecule has 1 amide bonds. The summed E-state index contributed by atoms with van der Waals surface area (Å²) in [4.78, 5) is 24.5. The molecule has 0 heterocycles. The average molecular weight is 414 g/mol. The number of amides is 1. The molecule has 6 nitrogen and oxygen atoms in total. The summed E-state index contributed by atoms with van der Waals surface area (Å²) in [6.07, 6.45) is -1.26. The molecule has 0 spiro atoms. The van der Waals surface area contributed by atoms with Crippen LogP contribution in [0.2, 0.25) is 5.02 Å². The number of anilines is 1. The van der Waals surface area contributed by atoms with Crippen LogP contribution in [0.4, 0.5) is 14.5 Å². The highest BCUT2D eigenvalue weighted by Crippen LogP contribution is 2.36. The molecule has 0 fully saturated rings. The third-order valence-corrected chi connectivity index (χ3v) is 3.88. The second-order valence-corrected chi connectivity index (χ2v) is 5.99. The van der Waals surface area contributed by atoms with Crippen molar-refractivity contribution in [3.63, 3.8) is 0 Å². The van der Waals surface area contributed by atoms with Gasteiger partial charge in [0, 0.05) is 6.07 Å². The molecule has 0 saturated heterocycles. The highest BCUT2D eigenvalue weighted by Gasteiger charge is 2.22. The van der Waals surface area contributed by atoms with Crippen molar-refractivity contribution >= 4 is 29.2 Å². The molecule has 0 bridgehead atoms. The van der Waals surface area contributed by atoms with Gasteiger partial charge in [-0.15, -0.1) is 0 Å². The average Bonchev–Trinajstić information content (AvgIpc) is 2.65. The summed E-state index contributed by atoms with van der Waals surface area (Å²) in [6, 6.07) is 5.36. The maximum atomic E-state index is 13.6. The SMILES string of the molecule is CCOc1c(Cl)cc(C(=O)O[C@H](C)C(=O)Nc2ccc(F)cc2F)cc1OC. The highest BCUT2D eigenvalue weighted by molar-refractivity contribution is 6.32. The van der Waals surface area contributed by atoms with Crippen molar-refractivity contribution in [3.05, 3.63) is 52.6 Å². The molecule has 1 atom stereocenters. The minimum atomic E-state index is -1.26. The fourth-order valence-electron chi connectivity index (χ4n) is 2.23. The van der Waals surface area contributed by atoms with E-state index in [1.165, 1.54) is 26.2 Å². The van der Waals surface area contributed by atoms with Crippen molar-refractivity contribution in [1.29, 1.82) is 0 Å². The van der Waals surface area contributed by atoms with E-state index in [2.05, 4.69) is 5.32 Å².